The molecule has 0 spiro atoms. The van der Waals surface area contributed by atoms with Crippen LogP contribution in [0.1, 0.15) is 29.7 Å². The van der Waals surface area contributed by atoms with Gasteiger partial charge in [0.1, 0.15) is 5.75 Å². The minimum Gasteiger partial charge on any atom is -0.496 e. The number of carbonyl (C=O) groups is 1. The first-order valence-corrected chi connectivity index (χ1v) is 13.8. The molecule has 0 unspecified atom stereocenters. The number of hydrogen-bond acceptors (Lipinski definition) is 5. The van der Waals surface area contributed by atoms with E-state index in [1.165, 1.54) is 20.2 Å². The maximum absolute atomic E-state index is 13.0. The van der Waals surface area contributed by atoms with Crippen molar-refractivity contribution in [3.8, 4) is 26.6 Å². The van der Waals surface area contributed by atoms with Crippen LogP contribution in [0.25, 0.3) is 20.9 Å². The Kier molecular flexibility index (Phi) is 7.62. The smallest absolute Gasteiger partial charge is 0.224 e. The first-order valence-electron chi connectivity index (χ1n) is 12.1. The lowest BCUT2D eigenvalue weighted by atomic mass is 10.0. The SMILES string of the molecule is COc1ccccc1-c1ccc(CN[C@H]2CCC[C@@H]2C(=O)NCc2ccc(-c3cccs3)s2)cc1. The van der Waals surface area contributed by atoms with Gasteiger partial charge in [0.2, 0.25) is 5.91 Å². The molecule has 2 aromatic heterocycles. The van der Waals surface area contributed by atoms with Gasteiger partial charge in [-0.2, -0.15) is 0 Å². The van der Waals surface area contributed by atoms with E-state index in [0.717, 1.165) is 42.7 Å². The molecule has 0 radical (unpaired) electrons. The minimum absolute atomic E-state index is 0.0274. The molecule has 1 fully saturated rings. The van der Waals surface area contributed by atoms with Crippen LogP contribution in [0.15, 0.2) is 78.2 Å². The molecule has 1 amide bonds. The van der Waals surface area contributed by atoms with Crippen molar-refractivity contribution in [2.45, 2.75) is 38.4 Å². The van der Waals surface area contributed by atoms with Crippen molar-refractivity contribution in [2.75, 3.05) is 7.11 Å². The molecule has 5 rings (SSSR count). The second kappa shape index (κ2) is 11.2. The van der Waals surface area contributed by atoms with Crippen molar-refractivity contribution in [3.05, 3.63) is 88.6 Å². The van der Waals surface area contributed by atoms with Crippen LogP contribution in [0.3, 0.4) is 0 Å². The number of ether oxygens (including phenoxy) is 1. The maximum atomic E-state index is 13.0. The van der Waals surface area contributed by atoms with Crippen LogP contribution < -0.4 is 15.4 Å². The Morgan fingerprint density at radius 1 is 0.943 bits per heavy atom. The monoisotopic (exact) mass is 502 g/mol. The number of benzene rings is 2. The fourth-order valence-electron chi connectivity index (χ4n) is 4.78. The van der Waals surface area contributed by atoms with E-state index in [-0.39, 0.29) is 17.9 Å². The van der Waals surface area contributed by atoms with Crippen LogP contribution in [0.5, 0.6) is 5.75 Å². The summed E-state index contributed by atoms with van der Waals surface area (Å²) in [6.45, 7) is 1.36. The number of rotatable bonds is 9. The summed E-state index contributed by atoms with van der Waals surface area (Å²) in [6.07, 6.45) is 3.07. The summed E-state index contributed by atoms with van der Waals surface area (Å²) in [4.78, 5) is 16.7. The third kappa shape index (κ3) is 5.67. The molecule has 4 aromatic rings. The highest BCUT2D eigenvalue weighted by atomic mass is 32.1. The highest BCUT2D eigenvalue weighted by molar-refractivity contribution is 7.21. The largest absolute Gasteiger partial charge is 0.496 e. The number of thiophene rings is 2. The zero-order chi connectivity index (χ0) is 24.0. The normalized spacial score (nSPS) is 17.4. The van der Waals surface area contributed by atoms with Gasteiger partial charge in [-0.05, 0) is 53.6 Å². The third-order valence-corrected chi connectivity index (χ3v) is 8.81. The van der Waals surface area contributed by atoms with E-state index in [0.29, 0.717) is 6.54 Å². The van der Waals surface area contributed by atoms with Gasteiger partial charge in [0, 0.05) is 32.8 Å². The zero-order valence-corrected chi connectivity index (χ0v) is 21.5. The van der Waals surface area contributed by atoms with E-state index < -0.39 is 0 Å². The van der Waals surface area contributed by atoms with Crippen molar-refractivity contribution in [2.24, 2.45) is 5.92 Å². The average molecular weight is 503 g/mol. The highest BCUT2D eigenvalue weighted by Gasteiger charge is 2.32. The molecule has 180 valence electrons. The van der Waals surface area contributed by atoms with Gasteiger partial charge in [-0.1, -0.05) is 55.0 Å². The third-order valence-electron chi connectivity index (χ3n) is 6.66. The minimum atomic E-state index is 0.0274. The molecule has 0 saturated heterocycles. The molecular weight excluding hydrogens is 472 g/mol. The van der Waals surface area contributed by atoms with Crippen LogP contribution in [0.4, 0.5) is 0 Å². The molecule has 2 heterocycles. The summed E-state index contributed by atoms with van der Waals surface area (Å²) < 4.78 is 5.50. The molecule has 1 aliphatic rings. The van der Waals surface area contributed by atoms with Gasteiger partial charge in [0.15, 0.2) is 0 Å². The Hall–Kier alpha value is -2.93. The Morgan fingerprint density at radius 2 is 1.80 bits per heavy atom. The van der Waals surface area contributed by atoms with Crippen molar-refractivity contribution >= 4 is 28.6 Å². The first kappa shape index (κ1) is 23.8. The fourth-order valence-corrected chi connectivity index (χ4v) is 6.56. The number of amides is 1. The molecule has 2 atom stereocenters. The molecule has 4 nitrogen and oxygen atoms in total. The summed E-state index contributed by atoms with van der Waals surface area (Å²) in [7, 11) is 1.70. The summed E-state index contributed by atoms with van der Waals surface area (Å²) >= 11 is 3.51. The van der Waals surface area contributed by atoms with Gasteiger partial charge in [-0.3, -0.25) is 4.79 Å². The first-order chi connectivity index (χ1) is 17.2. The lowest BCUT2D eigenvalue weighted by Gasteiger charge is -2.20. The van der Waals surface area contributed by atoms with Crippen LogP contribution in [-0.4, -0.2) is 19.1 Å². The van der Waals surface area contributed by atoms with E-state index >= 15 is 0 Å². The number of hydrogen-bond donors (Lipinski definition) is 2. The molecule has 35 heavy (non-hydrogen) atoms. The summed E-state index contributed by atoms with van der Waals surface area (Å²) in [5, 5.41) is 8.93. The molecular formula is C29H30N2O2S2. The Labute approximate surface area is 215 Å². The number of nitrogens with one attached hydrogen (secondary N) is 2. The number of para-hydroxylation sites is 1. The lowest BCUT2D eigenvalue weighted by Crippen LogP contribution is -2.41. The molecule has 1 saturated carbocycles. The number of carbonyl (C=O) groups excluding carboxylic acids is 1. The summed E-state index contributed by atoms with van der Waals surface area (Å²) in [6, 6.07) is 25.4. The molecule has 6 heteroatoms. The van der Waals surface area contributed by atoms with E-state index in [2.05, 4.69) is 70.6 Å². The van der Waals surface area contributed by atoms with E-state index in [9.17, 15) is 4.79 Å². The summed E-state index contributed by atoms with van der Waals surface area (Å²) in [5.41, 5.74) is 3.45. The second-order valence-corrected chi connectivity index (χ2v) is 11.0. The van der Waals surface area contributed by atoms with Crippen molar-refractivity contribution in [3.63, 3.8) is 0 Å². The van der Waals surface area contributed by atoms with Crippen molar-refractivity contribution in [1.29, 1.82) is 0 Å². The average Bonchev–Trinajstić information content (AvgIpc) is 3.68. The topological polar surface area (TPSA) is 50.4 Å². The molecule has 2 N–H and O–H groups in total. The quantitative estimate of drug-likeness (QED) is 0.267. The fraction of sp³-hybridized carbons (Fsp3) is 0.276. The van der Waals surface area contributed by atoms with Gasteiger partial charge in [0.05, 0.1) is 19.6 Å². The van der Waals surface area contributed by atoms with Gasteiger partial charge >= 0.3 is 0 Å². The number of methoxy groups -OCH3 is 1. The van der Waals surface area contributed by atoms with Crippen LogP contribution >= 0.6 is 22.7 Å². The molecule has 1 aliphatic carbocycles. The molecule has 0 aliphatic heterocycles. The van der Waals surface area contributed by atoms with Gasteiger partial charge in [-0.15, -0.1) is 22.7 Å². The Balaban J connectivity index is 1.14. The van der Waals surface area contributed by atoms with Crippen molar-refractivity contribution < 1.29 is 9.53 Å². The molecule has 2 aromatic carbocycles. The highest BCUT2D eigenvalue weighted by Crippen LogP contribution is 2.32. The Morgan fingerprint density at radius 3 is 2.60 bits per heavy atom. The predicted molar refractivity (Wildman–Crippen MR) is 146 cm³/mol. The van der Waals surface area contributed by atoms with E-state index in [1.807, 2.05) is 18.2 Å². The lowest BCUT2D eigenvalue weighted by molar-refractivity contribution is -0.125. The molecule has 0 bridgehead atoms. The standard InChI is InChI=1S/C29H30N2O2S2/c1-33-26-9-3-2-6-23(26)21-13-11-20(12-14-21)18-30-25-8-4-7-24(25)29(32)31-19-22-15-16-28(35-22)27-10-5-17-34-27/h2-3,5-6,9-17,24-25,30H,4,7-8,18-19H2,1H3,(H,31,32)/t24-,25-/m0/s1. The Bertz CT molecular complexity index is 1250. The van der Waals surface area contributed by atoms with Gasteiger partial charge in [0.25, 0.3) is 0 Å². The van der Waals surface area contributed by atoms with Crippen LogP contribution in [-0.2, 0) is 17.9 Å². The predicted octanol–water partition coefficient (Wildman–Crippen LogP) is 6.73. The maximum Gasteiger partial charge on any atom is 0.224 e. The summed E-state index contributed by atoms with van der Waals surface area (Å²) in [5.74, 6) is 1.07. The van der Waals surface area contributed by atoms with E-state index in [1.54, 1.807) is 29.8 Å². The van der Waals surface area contributed by atoms with E-state index in [4.69, 9.17) is 4.74 Å². The van der Waals surface area contributed by atoms with Gasteiger partial charge in [-0.25, -0.2) is 0 Å². The van der Waals surface area contributed by atoms with Crippen LogP contribution in [0.2, 0.25) is 0 Å². The van der Waals surface area contributed by atoms with Crippen LogP contribution in [0, 0.1) is 5.92 Å². The second-order valence-electron chi connectivity index (χ2n) is 8.88. The van der Waals surface area contributed by atoms with Gasteiger partial charge < -0.3 is 15.4 Å². The van der Waals surface area contributed by atoms with Crippen molar-refractivity contribution in [1.82, 2.24) is 10.6 Å². The zero-order valence-electron chi connectivity index (χ0n) is 19.8.